The highest BCUT2D eigenvalue weighted by Gasteiger charge is 2.22. The number of rotatable bonds is 2. The Morgan fingerprint density at radius 3 is 2.60 bits per heavy atom. The van der Waals surface area contributed by atoms with Crippen molar-refractivity contribution in [2.45, 2.75) is 31.5 Å². The Kier molecular flexibility index (Phi) is 7.03. The molecule has 2 aromatic carbocycles. The Morgan fingerprint density at radius 2 is 1.87 bits per heavy atom. The van der Waals surface area contributed by atoms with E-state index in [9.17, 15) is 19.8 Å². The second kappa shape index (κ2) is 9.89. The van der Waals surface area contributed by atoms with Crippen LogP contribution in [0.3, 0.4) is 0 Å². The van der Waals surface area contributed by atoms with Crippen molar-refractivity contribution in [3.63, 3.8) is 0 Å². The molecule has 0 aromatic heterocycles. The van der Waals surface area contributed by atoms with E-state index in [0.717, 1.165) is 5.56 Å². The minimum atomic E-state index is -0.829. The number of Topliss-reactive ketones (excluding diaryl/α,β-unsaturated/α-hetero) is 1. The summed E-state index contributed by atoms with van der Waals surface area (Å²) in [5.41, 5.74) is 1.12. The van der Waals surface area contributed by atoms with Gasteiger partial charge in [0.25, 0.3) is 0 Å². The molecule has 0 spiro atoms. The number of allylic oxidation sites excluding steroid dienone is 1. The molecule has 0 radical (unpaired) electrons. The highest BCUT2D eigenvalue weighted by Crippen LogP contribution is 2.32. The molecule has 6 nitrogen and oxygen atoms in total. The van der Waals surface area contributed by atoms with Gasteiger partial charge in [-0.2, -0.15) is 0 Å². The van der Waals surface area contributed by atoms with Gasteiger partial charge in [-0.05, 0) is 29.7 Å². The van der Waals surface area contributed by atoms with Gasteiger partial charge in [0.1, 0.15) is 28.9 Å². The lowest BCUT2D eigenvalue weighted by Crippen LogP contribution is -2.14. The van der Waals surface area contributed by atoms with E-state index in [1.54, 1.807) is 30.4 Å². The molecule has 0 saturated heterocycles. The van der Waals surface area contributed by atoms with Crippen molar-refractivity contribution in [3.05, 3.63) is 77.4 Å². The third kappa shape index (κ3) is 5.36. The summed E-state index contributed by atoms with van der Waals surface area (Å²) in [5, 5.41) is 20.6. The van der Waals surface area contributed by atoms with Gasteiger partial charge < -0.3 is 19.7 Å². The molecule has 2 N–H and O–H groups in total. The Labute approximate surface area is 175 Å². The fraction of sp³-hybridized carbons (Fsp3) is 0.250. The molecule has 1 heterocycles. The lowest BCUT2D eigenvalue weighted by Gasteiger charge is -2.17. The molecule has 0 aliphatic carbocycles. The molecule has 0 bridgehead atoms. The third-order valence-electron chi connectivity index (χ3n) is 4.75. The van der Waals surface area contributed by atoms with E-state index in [2.05, 4.69) is 0 Å². The summed E-state index contributed by atoms with van der Waals surface area (Å²) in [5.74, 6) is -0.711. The summed E-state index contributed by atoms with van der Waals surface area (Å²) in [7, 11) is 1.46. The van der Waals surface area contributed by atoms with Crippen LogP contribution in [0.4, 0.5) is 0 Å². The molecule has 0 amide bonds. The van der Waals surface area contributed by atoms with Gasteiger partial charge in [-0.15, -0.1) is 0 Å². The van der Waals surface area contributed by atoms with E-state index >= 15 is 0 Å². The van der Waals surface area contributed by atoms with Crippen molar-refractivity contribution >= 4 is 17.8 Å². The van der Waals surface area contributed by atoms with Gasteiger partial charge in [-0.25, -0.2) is 4.79 Å². The Bertz CT molecular complexity index is 961. The van der Waals surface area contributed by atoms with Crippen LogP contribution >= 0.6 is 0 Å². The summed E-state index contributed by atoms with van der Waals surface area (Å²) >= 11 is 0. The second-order valence-corrected chi connectivity index (χ2v) is 7.01. The number of cyclic esters (lactones) is 1. The molecule has 1 unspecified atom stereocenters. The number of phenols is 1. The topological polar surface area (TPSA) is 93.1 Å². The molecule has 1 aliphatic rings. The molecular formula is C24H24O6. The van der Waals surface area contributed by atoms with E-state index in [0.29, 0.717) is 11.3 Å². The van der Waals surface area contributed by atoms with Crippen molar-refractivity contribution in [2.24, 2.45) is 0 Å². The quantitative estimate of drug-likeness (QED) is 0.577. The zero-order chi connectivity index (χ0) is 21.5. The maximum Gasteiger partial charge on any atom is 0.343 e. The van der Waals surface area contributed by atoms with Gasteiger partial charge in [0.15, 0.2) is 0 Å². The van der Waals surface area contributed by atoms with Gasteiger partial charge >= 0.3 is 5.97 Å². The fourth-order valence-electron chi connectivity index (χ4n) is 3.23. The monoisotopic (exact) mass is 408 g/mol. The first-order chi connectivity index (χ1) is 14.5. The Hall–Kier alpha value is -3.38. The van der Waals surface area contributed by atoms with Crippen LogP contribution in [0.1, 0.15) is 46.9 Å². The first-order valence-corrected chi connectivity index (χ1v) is 9.68. The van der Waals surface area contributed by atoms with Crippen molar-refractivity contribution in [1.29, 1.82) is 0 Å². The number of hydrogen-bond acceptors (Lipinski definition) is 6. The first kappa shape index (κ1) is 21.3. The predicted octanol–water partition coefficient (Wildman–Crippen LogP) is 3.98. The standard InChI is InChI=1S/C24H24O6/c1-29-20-13-17-9-5-10-18(25)14-19(26)11-6-12-22(16-7-3-2-4-8-16)30-24(28)23(17)21(27)15-20/h2-9,12-13,15,18,22,25,27H,10-11,14H2,1H3/t18-,22?/m0/s1. The van der Waals surface area contributed by atoms with Gasteiger partial charge in [-0.3, -0.25) is 4.79 Å². The van der Waals surface area contributed by atoms with E-state index < -0.39 is 18.2 Å². The van der Waals surface area contributed by atoms with Crippen LogP contribution in [-0.2, 0) is 9.53 Å². The third-order valence-corrected chi connectivity index (χ3v) is 4.75. The molecule has 2 aromatic rings. The SMILES string of the molecule is COc1cc(O)c2c(c1)C=CC[C@H](O)CC(=O)CC=CC(c1ccccc1)OC2=O. The van der Waals surface area contributed by atoms with Crippen molar-refractivity contribution in [1.82, 2.24) is 0 Å². The minimum Gasteiger partial charge on any atom is -0.507 e. The summed E-state index contributed by atoms with van der Waals surface area (Å²) in [6.07, 6.45) is 5.35. The van der Waals surface area contributed by atoms with E-state index in [1.165, 1.54) is 13.2 Å². The number of methoxy groups -OCH3 is 1. The van der Waals surface area contributed by atoms with Crippen LogP contribution in [0, 0.1) is 0 Å². The Morgan fingerprint density at radius 1 is 1.10 bits per heavy atom. The number of benzene rings is 2. The fourth-order valence-corrected chi connectivity index (χ4v) is 3.23. The van der Waals surface area contributed by atoms with Gasteiger partial charge in [0, 0.05) is 18.9 Å². The normalized spacial score (nSPS) is 20.2. The number of phenolic OH excluding ortho intramolecular Hbond substituents is 1. The number of carbonyl (C=O) groups is 2. The van der Waals surface area contributed by atoms with Crippen LogP contribution in [0.2, 0.25) is 0 Å². The van der Waals surface area contributed by atoms with Crippen molar-refractivity contribution in [2.75, 3.05) is 7.11 Å². The maximum atomic E-state index is 13.0. The molecule has 2 atom stereocenters. The number of aromatic hydroxyl groups is 1. The van der Waals surface area contributed by atoms with Crippen LogP contribution < -0.4 is 4.74 Å². The summed E-state index contributed by atoms with van der Waals surface area (Å²) in [6.45, 7) is 0. The average molecular weight is 408 g/mol. The molecule has 156 valence electrons. The molecule has 6 heteroatoms. The molecule has 1 aliphatic heterocycles. The number of fused-ring (bicyclic) bond motifs is 1. The largest absolute Gasteiger partial charge is 0.507 e. The number of aliphatic hydroxyl groups excluding tert-OH is 1. The zero-order valence-corrected chi connectivity index (χ0v) is 16.7. The number of esters is 1. The van der Waals surface area contributed by atoms with Crippen LogP contribution in [0.5, 0.6) is 11.5 Å². The smallest absolute Gasteiger partial charge is 0.343 e. The number of aliphatic hydroxyl groups is 1. The maximum absolute atomic E-state index is 13.0. The van der Waals surface area contributed by atoms with Crippen LogP contribution in [0.15, 0.2) is 60.7 Å². The second-order valence-electron chi connectivity index (χ2n) is 7.01. The van der Waals surface area contributed by atoms with E-state index in [1.807, 2.05) is 30.3 Å². The predicted molar refractivity (Wildman–Crippen MR) is 112 cm³/mol. The number of carbonyl (C=O) groups excluding carboxylic acids is 2. The average Bonchev–Trinajstić information content (AvgIpc) is 2.72. The molecular weight excluding hydrogens is 384 g/mol. The van der Waals surface area contributed by atoms with Gasteiger partial charge in [0.05, 0.1) is 13.2 Å². The summed E-state index contributed by atoms with van der Waals surface area (Å²) in [4.78, 5) is 25.1. The lowest BCUT2D eigenvalue weighted by molar-refractivity contribution is -0.120. The number of ketones is 1. The van der Waals surface area contributed by atoms with Crippen molar-refractivity contribution in [3.8, 4) is 11.5 Å². The highest BCUT2D eigenvalue weighted by atomic mass is 16.5. The minimum absolute atomic E-state index is 0.00371. The zero-order valence-electron chi connectivity index (χ0n) is 16.7. The molecule has 0 fully saturated rings. The Balaban J connectivity index is 2.05. The van der Waals surface area contributed by atoms with E-state index in [-0.39, 0.29) is 36.4 Å². The molecule has 30 heavy (non-hydrogen) atoms. The summed E-state index contributed by atoms with van der Waals surface area (Å²) in [6, 6.07) is 12.1. The van der Waals surface area contributed by atoms with Crippen LogP contribution in [0.25, 0.3) is 6.08 Å². The van der Waals surface area contributed by atoms with Gasteiger partial charge in [0.2, 0.25) is 0 Å². The van der Waals surface area contributed by atoms with Gasteiger partial charge in [-0.1, -0.05) is 48.6 Å². The molecule has 0 saturated carbocycles. The summed E-state index contributed by atoms with van der Waals surface area (Å²) < 4.78 is 10.9. The van der Waals surface area contributed by atoms with Crippen LogP contribution in [-0.4, -0.2) is 35.2 Å². The van der Waals surface area contributed by atoms with Crippen molar-refractivity contribution < 1.29 is 29.3 Å². The highest BCUT2D eigenvalue weighted by molar-refractivity contribution is 5.97. The molecule has 3 rings (SSSR count). The first-order valence-electron chi connectivity index (χ1n) is 9.68. The lowest BCUT2D eigenvalue weighted by atomic mass is 10.0. The van der Waals surface area contributed by atoms with E-state index in [4.69, 9.17) is 9.47 Å². The number of hydrogen-bond donors (Lipinski definition) is 2. The number of ether oxygens (including phenoxy) is 2.